The first-order valence-corrected chi connectivity index (χ1v) is 9.12. The third-order valence-corrected chi connectivity index (χ3v) is 4.47. The van der Waals surface area contributed by atoms with Gasteiger partial charge < -0.3 is 20.1 Å². The lowest BCUT2D eigenvalue weighted by Gasteiger charge is -2.38. The van der Waals surface area contributed by atoms with Crippen LogP contribution in [-0.2, 0) is 11.3 Å². The highest BCUT2D eigenvalue weighted by Gasteiger charge is 2.23. The van der Waals surface area contributed by atoms with Gasteiger partial charge in [-0.2, -0.15) is 0 Å². The number of rotatable bonds is 7. The molecule has 0 spiro atoms. The Morgan fingerprint density at radius 2 is 2.12 bits per heavy atom. The Kier molecular flexibility index (Phi) is 8.01. The summed E-state index contributed by atoms with van der Waals surface area (Å²) < 4.78 is 10.7. The van der Waals surface area contributed by atoms with Crippen LogP contribution in [0.15, 0.2) is 29.3 Å². The highest BCUT2D eigenvalue weighted by atomic mass is 16.5. The van der Waals surface area contributed by atoms with Crippen LogP contribution in [0.25, 0.3) is 0 Å². The molecular formula is C19H32N4O2. The van der Waals surface area contributed by atoms with E-state index >= 15 is 0 Å². The van der Waals surface area contributed by atoms with Crippen molar-refractivity contribution in [1.29, 1.82) is 0 Å². The fourth-order valence-corrected chi connectivity index (χ4v) is 3.00. The zero-order valence-electron chi connectivity index (χ0n) is 15.9. The number of hydrogen-bond donors (Lipinski definition) is 2. The molecular weight excluding hydrogens is 316 g/mol. The molecule has 0 aromatic heterocycles. The van der Waals surface area contributed by atoms with Gasteiger partial charge in [0.1, 0.15) is 5.75 Å². The summed E-state index contributed by atoms with van der Waals surface area (Å²) in [5, 5.41) is 6.78. The van der Waals surface area contributed by atoms with Gasteiger partial charge in [0.2, 0.25) is 0 Å². The van der Waals surface area contributed by atoms with Crippen LogP contribution in [0.3, 0.4) is 0 Å². The van der Waals surface area contributed by atoms with Gasteiger partial charge in [-0.3, -0.25) is 4.90 Å². The van der Waals surface area contributed by atoms with Crippen molar-refractivity contribution in [1.82, 2.24) is 15.5 Å². The zero-order valence-corrected chi connectivity index (χ0v) is 15.9. The molecule has 1 aromatic rings. The van der Waals surface area contributed by atoms with Crippen LogP contribution >= 0.6 is 0 Å². The van der Waals surface area contributed by atoms with E-state index in [1.165, 1.54) is 0 Å². The summed E-state index contributed by atoms with van der Waals surface area (Å²) >= 11 is 0. The van der Waals surface area contributed by atoms with Gasteiger partial charge in [-0.05, 0) is 38.5 Å². The van der Waals surface area contributed by atoms with Crippen LogP contribution in [0.5, 0.6) is 5.75 Å². The van der Waals surface area contributed by atoms with Crippen LogP contribution in [0, 0.1) is 0 Å². The monoisotopic (exact) mass is 348 g/mol. The maximum absolute atomic E-state index is 5.52. The van der Waals surface area contributed by atoms with E-state index in [1.54, 1.807) is 7.11 Å². The van der Waals surface area contributed by atoms with E-state index < -0.39 is 0 Å². The molecule has 1 saturated heterocycles. The molecule has 140 valence electrons. The third-order valence-electron chi connectivity index (χ3n) is 4.47. The van der Waals surface area contributed by atoms with E-state index in [4.69, 9.17) is 9.47 Å². The summed E-state index contributed by atoms with van der Waals surface area (Å²) in [6, 6.07) is 8.92. The van der Waals surface area contributed by atoms with Gasteiger partial charge in [-0.15, -0.1) is 0 Å². The molecule has 1 heterocycles. The van der Waals surface area contributed by atoms with Crippen molar-refractivity contribution in [2.24, 2.45) is 4.99 Å². The average molecular weight is 348 g/mol. The molecule has 1 aliphatic rings. The summed E-state index contributed by atoms with van der Waals surface area (Å²) in [5.41, 5.74) is 1.16. The van der Waals surface area contributed by atoms with E-state index in [0.717, 1.165) is 50.1 Å². The summed E-state index contributed by atoms with van der Waals surface area (Å²) in [6.07, 6.45) is 0. The van der Waals surface area contributed by atoms with Gasteiger partial charge in [-0.1, -0.05) is 12.1 Å². The normalized spacial score (nSPS) is 20.2. The second-order valence-corrected chi connectivity index (χ2v) is 6.43. The molecule has 1 aliphatic heterocycles. The van der Waals surface area contributed by atoms with Gasteiger partial charge in [-0.25, -0.2) is 4.99 Å². The molecule has 25 heavy (non-hydrogen) atoms. The van der Waals surface area contributed by atoms with Crippen molar-refractivity contribution in [2.75, 3.05) is 40.0 Å². The molecule has 1 aromatic carbocycles. The lowest BCUT2D eigenvalue weighted by molar-refractivity contribution is -0.0174. The van der Waals surface area contributed by atoms with Gasteiger partial charge in [0.05, 0.1) is 26.9 Å². The Morgan fingerprint density at radius 1 is 1.36 bits per heavy atom. The average Bonchev–Trinajstić information content (AvgIpc) is 2.64. The van der Waals surface area contributed by atoms with Crippen LogP contribution < -0.4 is 15.4 Å². The van der Waals surface area contributed by atoms with Crippen molar-refractivity contribution in [2.45, 2.75) is 39.4 Å². The highest BCUT2D eigenvalue weighted by Crippen LogP contribution is 2.12. The lowest BCUT2D eigenvalue weighted by Crippen LogP contribution is -2.53. The number of ether oxygens (including phenoxy) is 2. The number of methoxy groups -OCH3 is 1. The molecule has 2 rings (SSSR count). The first-order chi connectivity index (χ1) is 12.1. The summed E-state index contributed by atoms with van der Waals surface area (Å²) in [5.74, 6) is 1.72. The minimum atomic E-state index is 0.434. The maximum Gasteiger partial charge on any atom is 0.191 e. The predicted octanol–water partition coefficient (Wildman–Crippen LogP) is 1.86. The van der Waals surface area contributed by atoms with E-state index in [9.17, 15) is 0 Å². The number of aliphatic imine (C=N–C) groups is 1. The van der Waals surface area contributed by atoms with Gasteiger partial charge in [0, 0.05) is 31.7 Å². The SMILES string of the molecule is CCNC(=NCc1ccc(OC)cc1)NCC(C)N1CCOCC1C. The smallest absolute Gasteiger partial charge is 0.191 e. The molecule has 2 N–H and O–H groups in total. The molecule has 2 unspecified atom stereocenters. The van der Waals surface area contributed by atoms with E-state index in [1.807, 2.05) is 24.3 Å². The molecule has 6 heteroatoms. The Morgan fingerprint density at radius 3 is 2.76 bits per heavy atom. The largest absolute Gasteiger partial charge is 0.497 e. The van der Waals surface area contributed by atoms with E-state index in [2.05, 4.69) is 41.3 Å². The van der Waals surface area contributed by atoms with Gasteiger partial charge >= 0.3 is 0 Å². The quantitative estimate of drug-likeness (QED) is 0.582. The van der Waals surface area contributed by atoms with Crippen molar-refractivity contribution >= 4 is 5.96 Å². The Labute approximate surface area is 151 Å². The third kappa shape index (κ3) is 6.21. The maximum atomic E-state index is 5.52. The number of nitrogens with one attached hydrogen (secondary N) is 2. The van der Waals surface area contributed by atoms with Crippen molar-refractivity contribution < 1.29 is 9.47 Å². The van der Waals surface area contributed by atoms with Crippen molar-refractivity contribution in [3.05, 3.63) is 29.8 Å². The molecule has 0 amide bonds. The molecule has 0 bridgehead atoms. The van der Waals surface area contributed by atoms with Gasteiger partial charge in [0.15, 0.2) is 5.96 Å². The molecule has 0 aliphatic carbocycles. The lowest BCUT2D eigenvalue weighted by atomic mass is 10.2. The van der Waals surface area contributed by atoms with Gasteiger partial charge in [0.25, 0.3) is 0 Å². The fraction of sp³-hybridized carbons (Fsp3) is 0.632. The number of nitrogens with zero attached hydrogens (tertiary/aromatic N) is 2. The summed E-state index contributed by atoms with van der Waals surface area (Å²) in [7, 11) is 1.68. The molecule has 1 fully saturated rings. The predicted molar refractivity (Wildman–Crippen MR) is 102 cm³/mol. The molecule has 0 saturated carbocycles. The van der Waals surface area contributed by atoms with E-state index in [0.29, 0.717) is 18.6 Å². The Balaban J connectivity index is 1.87. The first-order valence-electron chi connectivity index (χ1n) is 9.12. The Hall–Kier alpha value is -1.79. The number of hydrogen-bond acceptors (Lipinski definition) is 4. The van der Waals surface area contributed by atoms with Crippen LogP contribution in [0.1, 0.15) is 26.3 Å². The molecule has 2 atom stereocenters. The minimum Gasteiger partial charge on any atom is -0.497 e. The highest BCUT2D eigenvalue weighted by molar-refractivity contribution is 5.79. The Bertz CT molecular complexity index is 533. The van der Waals surface area contributed by atoms with Crippen molar-refractivity contribution in [3.63, 3.8) is 0 Å². The first kappa shape index (κ1) is 19.5. The number of guanidine groups is 1. The van der Waals surface area contributed by atoms with Crippen LogP contribution in [0.2, 0.25) is 0 Å². The fourth-order valence-electron chi connectivity index (χ4n) is 3.00. The standard InChI is InChI=1S/C19H32N4O2/c1-5-20-19(22-13-17-6-8-18(24-4)9-7-17)21-12-15(2)23-10-11-25-14-16(23)3/h6-9,15-16H,5,10-14H2,1-4H3,(H2,20,21,22). The molecule has 0 radical (unpaired) electrons. The second kappa shape index (κ2) is 10.3. The van der Waals surface area contributed by atoms with Crippen LogP contribution in [-0.4, -0.2) is 62.9 Å². The second-order valence-electron chi connectivity index (χ2n) is 6.43. The zero-order chi connectivity index (χ0) is 18.1. The van der Waals surface area contributed by atoms with Crippen molar-refractivity contribution in [3.8, 4) is 5.75 Å². The summed E-state index contributed by atoms with van der Waals surface area (Å²) in [6.45, 7) is 11.5. The minimum absolute atomic E-state index is 0.434. The van der Waals surface area contributed by atoms with Crippen LogP contribution in [0.4, 0.5) is 0 Å². The number of morpholine rings is 1. The summed E-state index contributed by atoms with van der Waals surface area (Å²) in [4.78, 5) is 7.18. The number of benzene rings is 1. The molecule has 6 nitrogen and oxygen atoms in total. The topological polar surface area (TPSA) is 58.1 Å². The van der Waals surface area contributed by atoms with E-state index in [-0.39, 0.29) is 0 Å².